The highest BCUT2D eigenvalue weighted by atomic mass is 32.1. The van der Waals surface area contributed by atoms with Gasteiger partial charge in [-0.2, -0.15) is 5.26 Å². The van der Waals surface area contributed by atoms with Gasteiger partial charge in [0.05, 0.1) is 23.3 Å². The zero-order chi connectivity index (χ0) is 16.4. The maximum atomic E-state index is 9.24. The minimum atomic E-state index is 0.509. The van der Waals surface area contributed by atoms with E-state index >= 15 is 0 Å². The van der Waals surface area contributed by atoms with Gasteiger partial charge in [0, 0.05) is 25.5 Å². The van der Waals surface area contributed by atoms with Crippen molar-refractivity contribution in [3.05, 3.63) is 47.7 Å². The van der Waals surface area contributed by atoms with Gasteiger partial charge in [0.15, 0.2) is 0 Å². The van der Waals surface area contributed by atoms with Gasteiger partial charge in [-0.25, -0.2) is 0 Å². The number of nitriles is 1. The third kappa shape index (κ3) is 4.25. The predicted molar refractivity (Wildman–Crippen MR) is 95.0 cm³/mol. The van der Waals surface area contributed by atoms with Crippen molar-refractivity contribution in [3.8, 4) is 17.3 Å². The fraction of sp³-hybridized carbons (Fsp3) is 0.188. The second-order valence-corrected chi connectivity index (χ2v) is 4.51. The van der Waals surface area contributed by atoms with E-state index in [1.54, 1.807) is 12.4 Å². The molecule has 1 aromatic carbocycles. The van der Waals surface area contributed by atoms with E-state index in [1.807, 2.05) is 41.0 Å². The molecular formula is C16H19N5S. The number of hydrogen-bond donors (Lipinski definition) is 2. The third-order valence-corrected chi connectivity index (χ3v) is 3.16. The lowest BCUT2D eigenvalue weighted by molar-refractivity contribution is 0.716. The first-order valence-corrected chi connectivity index (χ1v) is 7.17. The fourth-order valence-corrected chi connectivity index (χ4v) is 2.22. The first-order valence-electron chi connectivity index (χ1n) is 6.70. The van der Waals surface area contributed by atoms with Gasteiger partial charge >= 0.3 is 0 Å². The molecule has 0 spiro atoms. The Balaban J connectivity index is 0.000000541. The topological polar surface area (TPSA) is 93.1 Å². The van der Waals surface area contributed by atoms with Gasteiger partial charge in [0.1, 0.15) is 6.07 Å². The van der Waals surface area contributed by atoms with Crippen molar-refractivity contribution in [3.63, 3.8) is 0 Å². The van der Waals surface area contributed by atoms with Gasteiger partial charge < -0.3 is 16.0 Å². The van der Waals surface area contributed by atoms with Gasteiger partial charge in [-0.3, -0.25) is 4.99 Å². The molecule has 0 amide bonds. The van der Waals surface area contributed by atoms with Gasteiger partial charge in [-0.15, -0.1) is 0 Å². The number of hydrogen-bond acceptors (Lipinski definition) is 4. The highest BCUT2D eigenvalue weighted by Gasteiger charge is 2.14. The molecule has 0 bridgehead atoms. The van der Waals surface area contributed by atoms with Crippen molar-refractivity contribution in [2.75, 3.05) is 13.6 Å². The molecule has 0 unspecified atom stereocenters. The van der Waals surface area contributed by atoms with Crippen molar-refractivity contribution in [2.45, 2.75) is 6.54 Å². The van der Waals surface area contributed by atoms with Crippen molar-refractivity contribution in [1.82, 2.24) is 4.57 Å². The molecule has 4 N–H and O–H groups in total. The normalized spacial score (nSPS) is 9.86. The van der Waals surface area contributed by atoms with E-state index in [-0.39, 0.29) is 0 Å². The lowest BCUT2D eigenvalue weighted by atomic mass is 10.1. The molecule has 0 aliphatic heterocycles. The number of benzene rings is 1. The van der Waals surface area contributed by atoms with Crippen LogP contribution in [0.2, 0.25) is 0 Å². The van der Waals surface area contributed by atoms with Crippen molar-refractivity contribution in [2.24, 2.45) is 16.5 Å². The summed E-state index contributed by atoms with van der Waals surface area (Å²) in [6, 6.07) is 13.8. The molecule has 0 aliphatic carbocycles. The smallest absolute Gasteiger partial charge is 0.101 e. The van der Waals surface area contributed by atoms with E-state index in [0.29, 0.717) is 18.7 Å². The summed E-state index contributed by atoms with van der Waals surface area (Å²) in [6.45, 7) is 1.16. The predicted octanol–water partition coefficient (Wildman–Crippen LogP) is 1.94. The van der Waals surface area contributed by atoms with Crippen LogP contribution in [0.25, 0.3) is 11.3 Å². The van der Waals surface area contributed by atoms with Crippen LogP contribution in [0, 0.1) is 11.3 Å². The molecule has 0 saturated carbocycles. The molecule has 6 heteroatoms. The van der Waals surface area contributed by atoms with E-state index in [9.17, 15) is 5.26 Å². The van der Waals surface area contributed by atoms with Crippen LogP contribution in [-0.2, 0) is 6.54 Å². The molecule has 5 nitrogen and oxygen atoms in total. The summed E-state index contributed by atoms with van der Waals surface area (Å²) >= 11 is 4.99. The fourth-order valence-electron chi connectivity index (χ4n) is 2.03. The molecule has 1 heterocycles. The van der Waals surface area contributed by atoms with Gasteiger partial charge in [0.25, 0.3) is 0 Å². The summed E-state index contributed by atoms with van der Waals surface area (Å²) in [5, 5.41) is 10.8. The van der Waals surface area contributed by atoms with Crippen LogP contribution >= 0.6 is 12.2 Å². The summed E-state index contributed by atoms with van der Waals surface area (Å²) < 4.78 is 2.00. The largest absolute Gasteiger partial charge is 0.390 e. The SMILES string of the molecule is CN=CN.N#Cc1cc(C=S)n(CCN)c1-c1ccccc1. The quantitative estimate of drug-likeness (QED) is 0.512. The van der Waals surface area contributed by atoms with Crippen LogP contribution in [0.3, 0.4) is 0 Å². The average Bonchev–Trinajstić information content (AvgIpc) is 2.94. The molecule has 0 fully saturated rings. The zero-order valence-corrected chi connectivity index (χ0v) is 13.3. The molecule has 0 saturated heterocycles. The van der Waals surface area contributed by atoms with Crippen LogP contribution in [0.4, 0.5) is 0 Å². The average molecular weight is 313 g/mol. The minimum Gasteiger partial charge on any atom is -0.390 e. The molecule has 22 heavy (non-hydrogen) atoms. The monoisotopic (exact) mass is 313 g/mol. The molecule has 2 rings (SSSR count). The van der Waals surface area contributed by atoms with Gasteiger partial charge in [-0.05, 0) is 11.6 Å². The summed E-state index contributed by atoms with van der Waals surface area (Å²) in [7, 11) is 1.62. The van der Waals surface area contributed by atoms with E-state index in [0.717, 1.165) is 17.0 Å². The van der Waals surface area contributed by atoms with Crippen LogP contribution in [-0.4, -0.2) is 29.9 Å². The molecule has 2 aromatic rings. The Morgan fingerprint density at radius 1 is 1.36 bits per heavy atom. The molecular weight excluding hydrogens is 294 g/mol. The number of nitrogens with zero attached hydrogens (tertiary/aromatic N) is 3. The Morgan fingerprint density at radius 3 is 2.45 bits per heavy atom. The van der Waals surface area contributed by atoms with Gasteiger partial charge in [-0.1, -0.05) is 42.5 Å². The Morgan fingerprint density at radius 2 is 2.00 bits per heavy atom. The van der Waals surface area contributed by atoms with Crippen LogP contribution < -0.4 is 11.5 Å². The Hall–Kier alpha value is -2.49. The number of rotatable bonds is 4. The summed E-state index contributed by atoms with van der Waals surface area (Å²) in [6.07, 6.45) is 1.25. The van der Waals surface area contributed by atoms with E-state index < -0.39 is 0 Å². The first kappa shape index (κ1) is 17.6. The van der Waals surface area contributed by atoms with E-state index in [4.69, 9.17) is 23.7 Å². The van der Waals surface area contributed by atoms with Gasteiger partial charge in [0.2, 0.25) is 0 Å². The maximum Gasteiger partial charge on any atom is 0.101 e. The first-order chi connectivity index (χ1) is 10.7. The summed E-state index contributed by atoms with van der Waals surface area (Å²) in [5.41, 5.74) is 13.7. The number of nitrogens with two attached hydrogens (primary N) is 2. The number of aromatic nitrogens is 1. The lowest BCUT2D eigenvalue weighted by Crippen LogP contribution is -2.13. The zero-order valence-electron chi connectivity index (χ0n) is 12.4. The second kappa shape index (κ2) is 9.45. The van der Waals surface area contributed by atoms with Crippen molar-refractivity contribution < 1.29 is 0 Å². The molecule has 0 aliphatic rings. The second-order valence-electron chi connectivity index (χ2n) is 4.27. The van der Waals surface area contributed by atoms with Crippen LogP contribution in [0.15, 0.2) is 41.4 Å². The molecule has 0 radical (unpaired) electrons. The summed E-state index contributed by atoms with van der Waals surface area (Å²) in [5.74, 6) is 0. The standard InChI is InChI=1S/C14H13N3S.C2H6N2/c15-6-7-17-13(10-18)8-12(9-16)14(17)11-4-2-1-3-5-11;1-4-2-3/h1-5,8,10H,6-7,15H2;2H,1H3,(H2,3,4). The van der Waals surface area contributed by atoms with Crippen molar-refractivity contribution >= 4 is 23.9 Å². The molecule has 0 atom stereocenters. The van der Waals surface area contributed by atoms with Crippen LogP contribution in [0.5, 0.6) is 0 Å². The highest BCUT2D eigenvalue weighted by molar-refractivity contribution is 7.79. The lowest BCUT2D eigenvalue weighted by Gasteiger charge is -2.10. The van der Waals surface area contributed by atoms with Crippen LogP contribution in [0.1, 0.15) is 11.3 Å². The summed E-state index contributed by atoms with van der Waals surface area (Å²) in [4.78, 5) is 3.39. The molecule has 114 valence electrons. The number of aliphatic imine (C=N–C) groups is 1. The van der Waals surface area contributed by atoms with E-state index in [2.05, 4.69) is 11.1 Å². The molecule has 1 aromatic heterocycles. The van der Waals surface area contributed by atoms with Crippen molar-refractivity contribution in [1.29, 1.82) is 5.26 Å². The highest BCUT2D eigenvalue weighted by Crippen LogP contribution is 2.26. The number of thiocarbonyl (C=S) groups is 1. The Bertz CT molecular complexity index is 664. The maximum absolute atomic E-state index is 9.24. The minimum absolute atomic E-state index is 0.509. The Kier molecular flexibility index (Phi) is 7.54. The van der Waals surface area contributed by atoms with E-state index in [1.165, 1.54) is 6.34 Å². The Labute approximate surface area is 135 Å². The third-order valence-electron chi connectivity index (χ3n) is 2.92.